The minimum absolute atomic E-state index is 0.0314. The van der Waals surface area contributed by atoms with Crippen molar-refractivity contribution in [3.8, 4) is 11.3 Å². The number of pyridine rings is 1. The number of likely N-dealkylation sites (tertiary alicyclic amines) is 1. The molecule has 0 spiro atoms. The average Bonchev–Trinajstić information content (AvgIpc) is 3.19. The molecule has 0 radical (unpaired) electrons. The summed E-state index contributed by atoms with van der Waals surface area (Å²) in [6.07, 6.45) is 2.75. The van der Waals surface area contributed by atoms with Crippen LogP contribution in [0.15, 0.2) is 60.8 Å². The number of benzene rings is 1. The van der Waals surface area contributed by atoms with E-state index in [-0.39, 0.29) is 5.91 Å². The van der Waals surface area contributed by atoms with E-state index in [0.29, 0.717) is 37.3 Å². The highest BCUT2D eigenvalue weighted by atomic mass is 16.3. The first kappa shape index (κ1) is 17.5. The predicted molar refractivity (Wildman–Crippen MR) is 104 cm³/mol. The molecule has 1 aliphatic heterocycles. The third kappa shape index (κ3) is 3.51. The molecule has 3 aromatic rings. The van der Waals surface area contributed by atoms with Crippen molar-refractivity contribution in [2.24, 2.45) is 0 Å². The van der Waals surface area contributed by atoms with E-state index in [1.807, 2.05) is 61.5 Å². The summed E-state index contributed by atoms with van der Waals surface area (Å²) in [6, 6.07) is 17.5. The van der Waals surface area contributed by atoms with E-state index in [9.17, 15) is 9.90 Å². The molecule has 1 aromatic carbocycles. The van der Waals surface area contributed by atoms with Gasteiger partial charge in [0.1, 0.15) is 11.3 Å². The van der Waals surface area contributed by atoms with Gasteiger partial charge in [-0.2, -0.15) is 0 Å². The minimum atomic E-state index is -0.963. The van der Waals surface area contributed by atoms with E-state index in [1.165, 1.54) is 0 Å². The number of aliphatic hydroxyl groups is 1. The number of H-pyrrole nitrogens is 1. The molecule has 1 amide bonds. The fourth-order valence-corrected chi connectivity index (χ4v) is 3.56. The summed E-state index contributed by atoms with van der Waals surface area (Å²) in [4.78, 5) is 22.2. The summed E-state index contributed by atoms with van der Waals surface area (Å²) in [5, 5.41) is 10.9. The molecule has 1 fully saturated rings. The molecule has 1 saturated heterocycles. The molecule has 138 valence electrons. The zero-order chi connectivity index (χ0) is 18.9. The Bertz CT molecular complexity index is 924. The molecular formula is C22H23N3O2. The molecule has 0 aliphatic carbocycles. The summed E-state index contributed by atoms with van der Waals surface area (Å²) in [5.74, 6) is -0.0314. The highest BCUT2D eigenvalue weighted by Crippen LogP contribution is 2.32. The first-order valence-corrected chi connectivity index (χ1v) is 9.24. The molecule has 0 bridgehead atoms. The molecule has 27 heavy (non-hydrogen) atoms. The van der Waals surface area contributed by atoms with Gasteiger partial charge in [0.15, 0.2) is 0 Å². The Morgan fingerprint density at radius 1 is 1.07 bits per heavy atom. The van der Waals surface area contributed by atoms with E-state index in [0.717, 1.165) is 16.8 Å². The number of carbonyl (C=O) groups is 1. The lowest BCUT2D eigenvalue weighted by molar-refractivity contribution is -0.0245. The number of aromatic nitrogens is 2. The Hall–Kier alpha value is -2.92. The van der Waals surface area contributed by atoms with Gasteiger partial charge in [0.2, 0.25) is 0 Å². The van der Waals surface area contributed by atoms with Crippen LogP contribution in [-0.2, 0) is 5.60 Å². The highest BCUT2D eigenvalue weighted by Gasteiger charge is 2.36. The van der Waals surface area contributed by atoms with Crippen molar-refractivity contribution in [3.63, 3.8) is 0 Å². The maximum Gasteiger partial charge on any atom is 0.270 e. The second kappa shape index (κ2) is 7.00. The van der Waals surface area contributed by atoms with Gasteiger partial charge in [0.25, 0.3) is 5.91 Å². The van der Waals surface area contributed by atoms with Gasteiger partial charge in [-0.25, -0.2) is 0 Å². The molecule has 0 atom stereocenters. The van der Waals surface area contributed by atoms with E-state index < -0.39 is 5.60 Å². The Morgan fingerprint density at radius 3 is 2.48 bits per heavy atom. The number of nitrogens with one attached hydrogen (secondary N) is 1. The number of aromatic amines is 1. The van der Waals surface area contributed by atoms with Crippen molar-refractivity contribution in [1.29, 1.82) is 0 Å². The zero-order valence-electron chi connectivity index (χ0n) is 15.4. The van der Waals surface area contributed by atoms with Crippen LogP contribution in [0.25, 0.3) is 11.3 Å². The first-order chi connectivity index (χ1) is 13.0. The summed E-state index contributed by atoms with van der Waals surface area (Å²) in [7, 11) is 0. The molecule has 5 nitrogen and oxygen atoms in total. The third-order valence-electron chi connectivity index (χ3n) is 5.27. The van der Waals surface area contributed by atoms with Crippen molar-refractivity contribution in [2.75, 3.05) is 13.1 Å². The van der Waals surface area contributed by atoms with Crippen LogP contribution in [0.5, 0.6) is 0 Å². The highest BCUT2D eigenvalue weighted by molar-refractivity contribution is 5.93. The predicted octanol–water partition coefficient (Wildman–Crippen LogP) is 3.51. The molecule has 5 heteroatoms. The molecule has 0 saturated carbocycles. The van der Waals surface area contributed by atoms with Gasteiger partial charge in [0, 0.05) is 25.0 Å². The molecule has 1 aliphatic rings. The van der Waals surface area contributed by atoms with Gasteiger partial charge in [-0.15, -0.1) is 0 Å². The maximum atomic E-state index is 12.8. The fourth-order valence-electron chi connectivity index (χ4n) is 3.56. The van der Waals surface area contributed by atoms with Crippen molar-refractivity contribution < 1.29 is 9.90 Å². The molecule has 4 rings (SSSR count). The van der Waals surface area contributed by atoms with Crippen LogP contribution in [0.3, 0.4) is 0 Å². The van der Waals surface area contributed by atoms with E-state index in [2.05, 4.69) is 9.97 Å². The molecule has 0 unspecified atom stereocenters. The number of hydrogen-bond acceptors (Lipinski definition) is 3. The topological polar surface area (TPSA) is 69.2 Å². The normalized spacial score (nSPS) is 16.3. The Balaban J connectivity index is 1.44. The van der Waals surface area contributed by atoms with Gasteiger partial charge >= 0.3 is 0 Å². The molecule has 2 N–H and O–H groups in total. The number of amides is 1. The monoisotopic (exact) mass is 361 g/mol. The average molecular weight is 361 g/mol. The SMILES string of the molecule is Cc1ccc(C2(O)CCN(C(=O)c3ccc(-c4ccccc4)[nH]3)CC2)nc1. The van der Waals surface area contributed by atoms with Crippen LogP contribution in [0.4, 0.5) is 0 Å². The van der Waals surface area contributed by atoms with Crippen LogP contribution in [0.1, 0.15) is 34.6 Å². The van der Waals surface area contributed by atoms with Gasteiger partial charge in [0.05, 0.1) is 5.69 Å². The number of nitrogens with zero attached hydrogens (tertiary/aromatic N) is 2. The van der Waals surface area contributed by atoms with Crippen LogP contribution in [0.2, 0.25) is 0 Å². The number of carbonyl (C=O) groups excluding carboxylic acids is 1. The van der Waals surface area contributed by atoms with Crippen LogP contribution in [0, 0.1) is 6.92 Å². The second-order valence-corrected chi connectivity index (χ2v) is 7.20. The summed E-state index contributed by atoms with van der Waals surface area (Å²) < 4.78 is 0. The lowest BCUT2D eigenvalue weighted by atomic mass is 9.87. The first-order valence-electron chi connectivity index (χ1n) is 9.24. The number of aryl methyl sites for hydroxylation is 1. The van der Waals surface area contributed by atoms with Crippen molar-refractivity contribution in [1.82, 2.24) is 14.9 Å². The smallest absolute Gasteiger partial charge is 0.270 e. The minimum Gasteiger partial charge on any atom is -0.383 e. The lowest BCUT2D eigenvalue weighted by Crippen LogP contribution is -2.45. The molecule has 3 heterocycles. The van der Waals surface area contributed by atoms with Crippen molar-refractivity contribution in [3.05, 3.63) is 77.7 Å². The van der Waals surface area contributed by atoms with Gasteiger partial charge < -0.3 is 15.0 Å². The van der Waals surface area contributed by atoms with Crippen LogP contribution < -0.4 is 0 Å². The number of hydrogen-bond donors (Lipinski definition) is 2. The zero-order valence-corrected chi connectivity index (χ0v) is 15.4. The molecule has 2 aromatic heterocycles. The standard InChI is InChI=1S/C22H23N3O2/c1-16-7-10-20(23-15-16)22(27)11-13-25(14-12-22)21(26)19-9-8-18(24-19)17-5-3-2-4-6-17/h2-10,15,24,27H,11-14H2,1H3. The van der Waals surface area contributed by atoms with Crippen LogP contribution in [-0.4, -0.2) is 39.0 Å². The summed E-state index contributed by atoms with van der Waals surface area (Å²) in [6.45, 7) is 2.98. The van der Waals surface area contributed by atoms with Crippen LogP contribution >= 0.6 is 0 Å². The van der Waals surface area contributed by atoms with Gasteiger partial charge in [-0.05, 0) is 49.1 Å². The fraction of sp³-hybridized carbons (Fsp3) is 0.273. The Morgan fingerprint density at radius 2 is 1.81 bits per heavy atom. The number of rotatable bonds is 3. The Kier molecular flexibility index (Phi) is 4.54. The molecular weight excluding hydrogens is 338 g/mol. The van der Waals surface area contributed by atoms with Crippen molar-refractivity contribution in [2.45, 2.75) is 25.4 Å². The maximum absolute atomic E-state index is 12.8. The third-order valence-corrected chi connectivity index (χ3v) is 5.27. The Labute approximate surface area is 158 Å². The number of piperidine rings is 1. The van der Waals surface area contributed by atoms with Gasteiger partial charge in [-0.3, -0.25) is 9.78 Å². The summed E-state index contributed by atoms with van der Waals surface area (Å²) in [5.41, 5.74) is 3.34. The van der Waals surface area contributed by atoms with Gasteiger partial charge in [-0.1, -0.05) is 36.4 Å². The van der Waals surface area contributed by atoms with E-state index in [4.69, 9.17) is 0 Å². The van der Waals surface area contributed by atoms with E-state index in [1.54, 1.807) is 11.1 Å². The second-order valence-electron chi connectivity index (χ2n) is 7.20. The lowest BCUT2D eigenvalue weighted by Gasteiger charge is -2.37. The van der Waals surface area contributed by atoms with E-state index >= 15 is 0 Å². The van der Waals surface area contributed by atoms with Crippen molar-refractivity contribution >= 4 is 5.91 Å². The summed E-state index contributed by atoms with van der Waals surface area (Å²) >= 11 is 0. The quantitative estimate of drug-likeness (QED) is 0.750. The largest absolute Gasteiger partial charge is 0.383 e.